The van der Waals surface area contributed by atoms with Crippen LogP contribution in [0.25, 0.3) is 0 Å². The van der Waals surface area contributed by atoms with Crippen molar-refractivity contribution in [3.63, 3.8) is 0 Å². The van der Waals surface area contributed by atoms with E-state index in [1.807, 2.05) is 75.4 Å². The number of piperidine rings is 1. The molecule has 0 radical (unpaired) electrons. The van der Waals surface area contributed by atoms with Crippen LogP contribution in [0.5, 0.6) is 0 Å². The summed E-state index contributed by atoms with van der Waals surface area (Å²) in [6, 6.07) is 17.3. The molecule has 0 aliphatic carbocycles. The monoisotopic (exact) mass is 590 g/mol. The summed E-state index contributed by atoms with van der Waals surface area (Å²) in [4.78, 5) is 42.4. The minimum Gasteiger partial charge on any atom is -0.349 e. The molecule has 0 saturated carbocycles. The van der Waals surface area contributed by atoms with Crippen LogP contribution >= 0.6 is 28.3 Å². The Morgan fingerprint density at radius 1 is 1.05 bits per heavy atom. The quantitative estimate of drug-likeness (QED) is 0.442. The Morgan fingerprint density at radius 3 is 2.27 bits per heavy atom. The molecule has 2 fully saturated rings. The zero-order chi connectivity index (χ0) is 25.9. The Hall–Kier alpha value is -2.42. The van der Waals surface area contributed by atoms with Crippen LogP contribution in [0.4, 0.5) is 4.79 Å². The van der Waals surface area contributed by atoms with E-state index in [4.69, 9.17) is 0 Å². The Bertz CT molecular complexity index is 1100. The Balaban J connectivity index is 0.00000380. The van der Waals surface area contributed by atoms with Crippen LogP contribution in [0.2, 0.25) is 0 Å². The van der Waals surface area contributed by atoms with Gasteiger partial charge in [0.05, 0.1) is 12.6 Å². The Kier molecular flexibility index (Phi) is 9.42. The zero-order valence-electron chi connectivity index (χ0n) is 21.6. The Labute approximate surface area is 233 Å². The van der Waals surface area contributed by atoms with Crippen LogP contribution in [0.1, 0.15) is 57.2 Å². The topological polar surface area (TPSA) is 81.8 Å². The van der Waals surface area contributed by atoms with E-state index in [1.54, 1.807) is 0 Å². The van der Waals surface area contributed by atoms with E-state index in [0.717, 1.165) is 28.6 Å². The molecule has 4 rings (SSSR count). The lowest BCUT2D eigenvalue weighted by Crippen LogP contribution is -2.55. The fourth-order valence-electron chi connectivity index (χ4n) is 4.78. The molecule has 2 aromatic rings. The second-order valence-electron chi connectivity index (χ2n) is 10.8. The van der Waals surface area contributed by atoms with Gasteiger partial charge in [-0.25, -0.2) is 4.79 Å². The summed E-state index contributed by atoms with van der Waals surface area (Å²) in [5.41, 5.74) is 0.724. The summed E-state index contributed by atoms with van der Waals surface area (Å²) in [6.45, 7) is 8.25. The summed E-state index contributed by atoms with van der Waals surface area (Å²) in [6.07, 6.45) is 1.94. The smallest absolute Gasteiger partial charge is 0.325 e. The first-order valence-corrected chi connectivity index (χ1v) is 13.3. The number of hydrogen-bond donors (Lipinski definition) is 2. The summed E-state index contributed by atoms with van der Waals surface area (Å²) >= 11 is 3.41. The maximum Gasteiger partial charge on any atom is 0.325 e. The van der Waals surface area contributed by atoms with E-state index >= 15 is 0 Å². The number of imide groups is 1. The minimum atomic E-state index is -0.817. The van der Waals surface area contributed by atoms with E-state index in [9.17, 15) is 14.4 Å². The molecule has 2 N–H and O–H groups in total. The summed E-state index contributed by atoms with van der Waals surface area (Å²) in [7, 11) is 0. The van der Waals surface area contributed by atoms with E-state index < -0.39 is 11.0 Å². The molecular formula is C28H36BrClN4O3. The van der Waals surface area contributed by atoms with Crippen molar-refractivity contribution in [1.29, 1.82) is 0 Å². The predicted molar refractivity (Wildman–Crippen MR) is 150 cm³/mol. The van der Waals surface area contributed by atoms with Crippen molar-refractivity contribution < 1.29 is 14.4 Å². The molecule has 0 aromatic heterocycles. The van der Waals surface area contributed by atoms with Crippen LogP contribution in [-0.2, 0) is 16.1 Å². The van der Waals surface area contributed by atoms with Gasteiger partial charge < -0.3 is 15.5 Å². The first-order valence-electron chi connectivity index (χ1n) is 12.5. The first-order chi connectivity index (χ1) is 17.1. The van der Waals surface area contributed by atoms with Gasteiger partial charge in [-0.1, -0.05) is 79.2 Å². The lowest BCUT2D eigenvalue weighted by Gasteiger charge is -2.38. The van der Waals surface area contributed by atoms with Crippen molar-refractivity contribution in [2.75, 3.05) is 19.6 Å². The second kappa shape index (κ2) is 12.0. The number of benzene rings is 2. The SMILES string of the molecule is CC(C)(C)C(=O)N[C@@H](CCN1CCC2(CC1)NC(=O)N(Cc1ccc(Br)cc1)C2=O)c1ccccc1.Cl. The number of nitrogens with zero attached hydrogens (tertiary/aromatic N) is 2. The van der Waals surface area contributed by atoms with Crippen molar-refractivity contribution in [3.05, 3.63) is 70.2 Å². The molecule has 2 aromatic carbocycles. The Morgan fingerprint density at radius 2 is 1.68 bits per heavy atom. The van der Waals surface area contributed by atoms with Gasteiger partial charge in [-0.3, -0.25) is 14.5 Å². The van der Waals surface area contributed by atoms with Gasteiger partial charge >= 0.3 is 6.03 Å². The van der Waals surface area contributed by atoms with E-state index in [2.05, 4.69) is 31.5 Å². The summed E-state index contributed by atoms with van der Waals surface area (Å²) in [5.74, 6) is -0.103. The maximum absolute atomic E-state index is 13.3. The standard InChI is InChI=1S/C28H35BrN4O3.ClH/c1-27(2,3)24(34)30-23(21-7-5-4-6-8-21)13-16-32-17-14-28(15-18-32)25(35)33(26(36)31-28)19-20-9-11-22(29)12-10-20;/h4-12,23H,13-19H2,1-3H3,(H,30,34)(H,31,36);1H/t23-;/m0./s1. The molecule has 0 unspecified atom stereocenters. The van der Waals surface area contributed by atoms with Crippen molar-refractivity contribution in [2.24, 2.45) is 5.41 Å². The number of carbonyl (C=O) groups excluding carboxylic acids is 3. The molecule has 7 nitrogen and oxygen atoms in total. The van der Waals surface area contributed by atoms with Crippen LogP contribution in [0.3, 0.4) is 0 Å². The van der Waals surface area contributed by atoms with Gasteiger partial charge in [0, 0.05) is 29.5 Å². The largest absolute Gasteiger partial charge is 0.349 e. The number of urea groups is 1. The average Bonchev–Trinajstić information content (AvgIpc) is 3.07. The van der Waals surface area contributed by atoms with Crippen LogP contribution in [0, 0.1) is 5.41 Å². The zero-order valence-corrected chi connectivity index (χ0v) is 24.0. The van der Waals surface area contributed by atoms with Gasteiger partial charge in [-0.05, 0) is 42.5 Å². The van der Waals surface area contributed by atoms with Gasteiger partial charge in [0.2, 0.25) is 5.91 Å². The molecule has 9 heteroatoms. The molecule has 2 aliphatic rings. The van der Waals surface area contributed by atoms with Gasteiger partial charge in [-0.2, -0.15) is 0 Å². The predicted octanol–water partition coefficient (Wildman–Crippen LogP) is 5.05. The molecule has 37 heavy (non-hydrogen) atoms. The highest BCUT2D eigenvalue weighted by Crippen LogP contribution is 2.31. The van der Waals surface area contributed by atoms with Crippen LogP contribution in [0.15, 0.2) is 59.1 Å². The fourth-order valence-corrected chi connectivity index (χ4v) is 5.05. The van der Waals surface area contributed by atoms with Gasteiger partial charge in [0.15, 0.2) is 0 Å². The number of amides is 4. The highest BCUT2D eigenvalue weighted by atomic mass is 79.9. The average molecular weight is 592 g/mol. The molecule has 4 amide bonds. The third kappa shape index (κ3) is 6.92. The third-order valence-corrected chi connectivity index (χ3v) is 7.66. The van der Waals surface area contributed by atoms with Gasteiger partial charge in [0.1, 0.15) is 5.54 Å². The van der Waals surface area contributed by atoms with E-state index in [-0.39, 0.29) is 42.8 Å². The number of hydrogen-bond acceptors (Lipinski definition) is 4. The van der Waals surface area contributed by atoms with Crippen LogP contribution < -0.4 is 10.6 Å². The molecule has 0 bridgehead atoms. The highest BCUT2D eigenvalue weighted by Gasteiger charge is 2.52. The summed E-state index contributed by atoms with van der Waals surface area (Å²) in [5, 5.41) is 6.22. The number of rotatable bonds is 7. The van der Waals surface area contributed by atoms with E-state index in [1.165, 1.54) is 4.90 Å². The molecule has 200 valence electrons. The van der Waals surface area contributed by atoms with E-state index in [0.29, 0.717) is 25.9 Å². The van der Waals surface area contributed by atoms with Crippen LogP contribution in [-0.4, -0.2) is 52.8 Å². The molecule has 1 spiro atoms. The third-order valence-electron chi connectivity index (χ3n) is 7.13. The number of halogens is 2. The molecule has 1 atom stereocenters. The van der Waals surface area contributed by atoms with Gasteiger partial charge in [0.25, 0.3) is 5.91 Å². The number of nitrogens with one attached hydrogen (secondary N) is 2. The lowest BCUT2D eigenvalue weighted by atomic mass is 9.87. The van der Waals surface area contributed by atoms with Gasteiger partial charge in [-0.15, -0.1) is 12.4 Å². The molecule has 2 heterocycles. The first kappa shape index (κ1) is 29.1. The normalized spacial score (nSPS) is 18.3. The lowest BCUT2D eigenvalue weighted by molar-refractivity contribution is -0.133. The molecular weight excluding hydrogens is 556 g/mol. The maximum atomic E-state index is 13.3. The number of carbonyl (C=O) groups is 3. The number of likely N-dealkylation sites (tertiary alicyclic amines) is 1. The fraction of sp³-hybridized carbons (Fsp3) is 0.464. The minimum absolute atomic E-state index is 0. The molecule has 2 aliphatic heterocycles. The molecule has 2 saturated heterocycles. The summed E-state index contributed by atoms with van der Waals surface area (Å²) < 4.78 is 0.958. The second-order valence-corrected chi connectivity index (χ2v) is 11.8. The van der Waals surface area contributed by atoms with Crippen molar-refractivity contribution in [1.82, 2.24) is 20.4 Å². The van der Waals surface area contributed by atoms with Crippen molar-refractivity contribution in [3.8, 4) is 0 Å². The van der Waals surface area contributed by atoms with Crippen molar-refractivity contribution >= 4 is 46.2 Å². The highest BCUT2D eigenvalue weighted by molar-refractivity contribution is 9.10. The van der Waals surface area contributed by atoms with Crippen molar-refractivity contribution in [2.45, 2.75) is 58.2 Å².